The number of nitrogens with one attached hydrogen (secondary N) is 1. The van der Waals surface area contributed by atoms with E-state index in [2.05, 4.69) is 36.5 Å². The van der Waals surface area contributed by atoms with E-state index in [1.54, 1.807) is 19.2 Å². The first-order chi connectivity index (χ1) is 9.69. The minimum Gasteiger partial charge on any atom is -0.497 e. The second-order valence-electron chi connectivity index (χ2n) is 4.72. The summed E-state index contributed by atoms with van der Waals surface area (Å²) in [6, 6.07) is 15.5. The average molecular weight is 269 g/mol. The third-order valence-electron chi connectivity index (χ3n) is 3.15. The zero-order valence-electron chi connectivity index (χ0n) is 11.8. The summed E-state index contributed by atoms with van der Waals surface area (Å²) >= 11 is 0. The van der Waals surface area contributed by atoms with Crippen LogP contribution in [0.3, 0.4) is 0 Å². The molecule has 3 heteroatoms. The summed E-state index contributed by atoms with van der Waals surface area (Å²) in [5.74, 6) is 0.618. The van der Waals surface area contributed by atoms with Crippen LogP contribution in [0, 0.1) is 6.92 Å². The molecule has 1 amide bonds. The van der Waals surface area contributed by atoms with Crippen LogP contribution in [0.1, 0.15) is 21.5 Å². The maximum absolute atomic E-state index is 12.0. The quantitative estimate of drug-likeness (QED) is 0.906. The fourth-order valence-corrected chi connectivity index (χ4v) is 1.94. The summed E-state index contributed by atoms with van der Waals surface area (Å²) in [6.07, 6.45) is 0.829. The molecular formula is C17H19NO2. The largest absolute Gasteiger partial charge is 0.497 e. The van der Waals surface area contributed by atoms with Crippen LogP contribution in [0.5, 0.6) is 5.75 Å². The third-order valence-corrected chi connectivity index (χ3v) is 3.15. The summed E-state index contributed by atoms with van der Waals surface area (Å²) in [6.45, 7) is 2.69. The van der Waals surface area contributed by atoms with Gasteiger partial charge in [-0.3, -0.25) is 4.79 Å². The van der Waals surface area contributed by atoms with Crippen LogP contribution in [-0.2, 0) is 6.42 Å². The molecule has 0 atom stereocenters. The van der Waals surface area contributed by atoms with Gasteiger partial charge in [0.15, 0.2) is 0 Å². The molecule has 0 aromatic heterocycles. The Morgan fingerprint density at radius 1 is 1.15 bits per heavy atom. The number of hydrogen-bond donors (Lipinski definition) is 1. The Balaban J connectivity index is 1.87. The van der Waals surface area contributed by atoms with Crippen molar-refractivity contribution in [2.24, 2.45) is 0 Å². The zero-order chi connectivity index (χ0) is 14.4. The lowest BCUT2D eigenvalue weighted by Crippen LogP contribution is -2.25. The maximum atomic E-state index is 12.0. The number of ether oxygens (including phenoxy) is 1. The van der Waals surface area contributed by atoms with Crippen molar-refractivity contribution in [1.29, 1.82) is 0 Å². The number of methoxy groups -OCH3 is 1. The van der Waals surface area contributed by atoms with Gasteiger partial charge in [0.1, 0.15) is 5.75 Å². The smallest absolute Gasteiger partial charge is 0.251 e. The number of hydrogen-bond acceptors (Lipinski definition) is 2. The number of amides is 1. The molecule has 2 rings (SSSR count). The van der Waals surface area contributed by atoms with Gasteiger partial charge >= 0.3 is 0 Å². The van der Waals surface area contributed by atoms with Crippen molar-refractivity contribution in [2.45, 2.75) is 13.3 Å². The van der Waals surface area contributed by atoms with Crippen LogP contribution >= 0.6 is 0 Å². The molecule has 2 aromatic rings. The zero-order valence-corrected chi connectivity index (χ0v) is 11.8. The lowest BCUT2D eigenvalue weighted by atomic mass is 10.1. The predicted molar refractivity (Wildman–Crippen MR) is 80.2 cm³/mol. The first-order valence-corrected chi connectivity index (χ1v) is 6.67. The third kappa shape index (κ3) is 3.85. The number of benzene rings is 2. The molecule has 0 saturated carbocycles. The molecule has 0 radical (unpaired) electrons. The van der Waals surface area contributed by atoms with Crippen molar-refractivity contribution < 1.29 is 9.53 Å². The monoisotopic (exact) mass is 269 g/mol. The Labute approximate surface area is 119 Å². The van der Waals surface area contributed by atoms with Gasteiger partial charge in [-0.05, 0) is 37.1 Å². The molecule has 20 heavy (non-hydrogen) atoms. The van der Waals surface area contributed by atoms with E-state index in [4.69, 9.17) is 4.74 Å². The number of carbonyl (C=O) groups is 1. The number of carbonyl (C=O) groups excluding carboxylic acids is 1. The average Bonchev–Trinajstić information content (AvgIpc) is 2.49. The Hall–Kier alpha value is -2.29. The number of rotatable bonds is 5. The van der Waals surface area contributed by atoms with Crippen molar-refractivity contribution in [3.8, 4) is 5.75 Å². The number of aryl methyl sites for hydroxylation is 1. The van der Waals surface area contributed by atoms with Gasteiger partial charge in [0.25, 0.3) is 5.91 Å². The van der Waals surface area contributed by atoms with Gasteiger partial charge in [0.2, 0.25) is 0 Å². The summed E-state index contributed by atoms with van der Waals surface area (Å²) in [7, 11) is 1.59. The van der Waals surface area contributed by atoms with Gasteiger partial charge in [-0.2, -0.15) is 0 Å². The molecule has 0 fully saturated rings. The molecule has 0 aliphatic rings. The van der Waals surface area contributed by atoms with E-state index < -0.39 is 0 Å². The maximum Gasteiger partial charge on any atom is 0.251 e. The van der Waals surface area contributed by atoms with Gasteiger partial charge in [-0.15, -0.1) is 0 Å². The van der Waals surface area contributed by atoms with E-state index in [-0.39, 0.29) is 5.91 Å². The summed E-state index contributed by atoms with van der Waals surface area (Å²) in [4.78, 5) is 12.0. The SMILES string of the molecule is COc1cccc(C(=O)NCCc2ccc(C)cc2)c1. The molecule has 0 spiro atoms. The molecule has 0 heterocycles. The topological polar surface area (TPSA) is 38.3 Å². The first-order valence-electron chi connectivity index (χ1n) is 6.67. The van der Waals surface area contributed by atoms with Crippen molar-refractivity contribution in [3.63, 3.8) is 0 Å². The van der Waals surface area contributed by atoms with Crippen molar-refractivity contribution in [3.05, 3.63) is 65.2 Å². The van der Waals surface area contributed by atoms with E-state index in [1.807, 2.05) is 12.1 Å². The van der Waals surface area contributed by atoms with Crippen LogP contribution in [0.15, 0.2) is 48.5 Å². The normalized spacial score (nSPS) is 10.1. The van der Waals surface area contributed by atoms with E-state index >= 15 is 0 Å². The van der Waals surface area contributed by atoms with Crippen LogP contribution in [0.2, 0.25) is 0 Å². The van der Waals surface area contributed by atoms with Crippen LogP contribution in [0.4, 0.5) is 0 Å². The van der Waals surface area contributed by atoms with Crippen LogP contribution in [0.25, 0.3) is 0 Å². The van der Waals surface area contributed by atoms with E-state index in [9.17, 15) is 4.79 Å². The Morgan fingerprint density at radius 2 is 1.90 bits per heavy atom. The minimum absolute atomic E-state index is 0.0731. The molecule has 0 unspecified atom stereocenters. The van der Waals surface area contributed by atoms with Gasteiger partial charge in [0, 0.05) is 12.1 Å². The fourth-order valence-electron chi connectivity index (χ4n) is 1.94. The van der Waals surface area contributed by atoms with Crippen LogP contribution in [-0.4, -0.2) is 19.6 Å². The summed E-state index contributed by atoms with van der Waals surface area (Å²) in [5.41, 5.74) is 3.09. The molecule has 2 aromatic carbocycles. The molecule has 0 saturated heterocycles. The molecule has 0 bridgehead atoms. The summed E-state index contributed by atoms with van der Waals surface area (Å²) in [5, 5.41) is 2.92. The fraction of sp³-hybridized carbons (Fsp3) is 0.235. The molecule has 104 valence electrons. The molecule has 0 aliphatic heterocycles. The second kappa shape index (κ2) is 6.75. The molecule has 0 aliphatic carbocycles. The Morgan fingerprint density at radius 3 is 2.60 bits per heavy atom. The minimum atomic E-state index is -0.0731. The highest BCUT2D eigenvalue weighted by Gasteiger charge is 2.05. The lowest BCUT2D eigenvalue weighted by Gasteiger charge is -2.07. The highest BCUT2D eigenvalue weighted by atomic mass is 16.5. The van der Waals surface area contributed by atoms with E-state index in [1.165, 1.54) is 11.1 Å². The van der Waals surface area contributed by atoms with Gasteiger partial charge in [0.05, 0.1) is 7.11 Å². The van der Waals surface area contributed by atoms with Gasteiger partial charge < -0.3 is 10.1 Å². The Kier molecular flexibility index (Phi) is 4.77. The van der Waals surface area contributed by atoms with Crippen molar-refractivity contribution in [1.82, 2.24) is 5.32 Å². The molecule has 1 N–H and O–H groups in total. The van der Waals surface area contributed by atoms with Crippen molar-refractivity contribution >= 4 is 5.91 Å². The molecule has 3 nitrogen and oxygen atoms in total. The highest BCUT2D eigenvalue weighted by molar-refractivity contribution is 5.94. The van der Waals surface area contributed by atoms with Gasteiger partial charge in [-0.25, -0.2) is 0 Å². The second-order valence-corrected chi connectivity index (χ2v) is 4.72. The Bertz CT molecular complexity index is 576. The van der Waals surface area contributed by atoms with E-state index in [0.29, 0.717) is 17.9 Å². The van der Waals surface area contributed by atoms with Crippen molar-refractivity contribution in [2.75, 3.05) is 13.7 Å². The first kappa shape index (κ1) is 14.1. The molecular weight excluding hydrogens is 250 g/mol. The van der Waals surface area contributed by atoms with Gasteiger partial charge in [-0.1, -0.05) is 35.9 Å². The predicted octanol–water partition coefficient (Wildman–Crippen LogP) is 2.98. The van der Waals surface area contributed by atoms with E-state index in [0.717, 1.165) is 6.42 Å². The standard InChI is InChI=1S/C17H19NO2/c1-13-6-8-14(9-7-13)10-11-18-17(19)15-4-3-5-16(12-15)20-2/h3-9,12H,10-11H2,1-2H3,(H,18,19). The van der Waals surface area contributed by atoms with Crippen LogP contribution < -0.4 is 10.1 Å². The summed E-state index contributed by atoms with van der Waals surface area (Å²) < 4.78 is 5.11. The lowest BCUT2D eigenvalue weighted by molar-refractivity contribution is 0.0954. The highest BCUT2D eigenvalue weighted by Crippen LogP contribution is 2.12.